The van der Waals surface area contributed by atoms with Gasteiger partial charge in [0.25, 0.3) is 0 Å². The summed E-state index contributed by atoms with van der Waals surface area (Å²) in [6, 6.07) is 0. The van der Waals surface area contributed by atoms with E-state index in [2.05, 4.69) is 9.97 Å². The highest BCUT2D eigenvalue weighted by atomic mass is 35.5. The Morgan fingerprint density at radius 3 is 2.00 bits per heavy atom. The second-order valence-electron chi connectivity index (χ2n) is 2.92. The number of nitrogens with zero attached hydrogens (tertiary/aromatic N) is 3. The van der Waals surface area contributed by atoms with Crippen LogP contribution in [-0.2, 0) is 6.42 Å². The molecule has 0 saturated heterocycles. The Morgan fingerprint density at radius 1 is 1.14 bits per heavy atom. The van der Waals surface area contributed by atoms with Crippen LogP contribution in [0.15, 0.2) is 0 Å². The predicted molar refractivity (Wildman–Crippen MR) is 60.8 cm³/mol. The van der Waals surface area contributed by atoms with Crippen LogP contribution < -0.4 is 4.90 Å². The van der Waals surface area contributed by atoms with E-state index in [9.17, 15) is 0 Å². The van der Waals surface area contributed by atoms with E-state index in [1.165, 1.54) is 0 Å². The third-order valence-corrected chi connectivity index (χ3v) is 2.45. The molecule has 0 amide bonds. The molecule has 14 heavy (non-hydrogen) atoms. The quantitative estimate of drug-likeness (QED) is 0.613. The van der Waals surface area contributed by atoms with Gasteiger partial charge in [0.1, 0.15) is 10.3 Å². The van der Waals surface area contributed by atoms with E-state index in [-0.39, 0.29) is 0 Å². The summed E-state index contributed by atoms with van der Waals surface area (Å²) in [5.41, 5.74) is 0.703. The Labute approximate surface area is 98.0 Å². The average Bonchev–Trinajstić information content (AvgIpc) is 2.10. The molecule has 0 atom stereocenters. The minimum absolute atomic E-state index is 0.370. The summed E-state index contributed by atoms with van der Waals surface area (Å²) in [5.74, 6) is 0.947. The van der Waals surface area contributed by atoms with Crippen molar-refractivity contribution < 1.29 is 0 Å². The summed E-state index contributed by atoms with van der Waals surface area (Å²) in [5, 5.41) is 0.740. The number of hydrogen-bond acceptors (Lipinski definition) is 3. The Balaban J connectivity index is 3.11. The summed E-state index contributed by atoms with van der Waals surface area (Å²) in [6.45, 7) is 0. The minimum atomic E-state index is 0.370. The fraction of sp³-hybridized carbons (Fsp3) is 0.500. The standard InChI is InChI=1S/C8H10Cl3N3/c1-14(2)8-12-6(10)5(3-4-9)7(11)13-8/h3-4H2,1-2H3. The molecule has 0 aliphatic carbocycles. The van der Waals surface area contributed by atoms with E-state index >= 15 is 0 Å². The van der Waals surface area contributed by atoms with Crippen molar-refractivity contribution >= 4 is 40.8 Å². The molecule has 6 heteroatoms. The van der Waals surface area contributed by atoms with Gasteiger partial charge in [-0.2, -0.15) is 0 Å². The van der Waals surface area contributed by atoms with Crippen molar-refractivity contribution in [3.63, 3.8) is 0 Å². The first kappa shape index (κ1) is 11.8. The van der Waals surface area contributed by atoms with Gasteiger partial charge in [0.05, 0.1) is 0 Å². The zero-order valence-corrected chi connectivity index (χ0v) is 10.2. The molecule has 78 valence electrons. The maximum absolute atomic E-state index is 5.94. The van der Waals surface area contributed by atoms with Crippen LogP contribution in [0.3, 0.4) is 0 Å². The highest BCUT2D eigenvalue weighted by Crippen LogP contribution is 2.24. The molecule has 0 unspecified atom stereocenters. The molecule has 0 aliphatic rings. The zero-order chi connectivity index (χ0) is 10.7. The second-order valence-corrected chi connectivity index (χ2v) is 4.01. The van der Waals surface area contributed by atoms with Crippen molar-refractivity contribution in [1.29, 1.82) is 0 Å². The van der Waals surface area contributed by atoms with Crippen molar-refractivity contribution in [3.05, 3.63) is 15.9 Å². The summed E-state index contributed by atoms with van der Waals surface area (Å²) < 4.78 is 0. The molecule has 1 aromatic rings. The molecule has 1 heterocycles. The summed E-state index contributed by atoms with van der Waals surface area (Å²) in [7, 11) is 3.65. The summed E-state index contributed by atoms with van der Waals surface area (Å²) >= 11 is 17.5. The maximum Gasteiger partial charge on any atom is 0.227 e. The molecule has 0 bridgehead atoms. The van der Waals surface area contributed by atoms with Crippen LogP contribution in [0.5, 0.6) is 0 Å². The van der Waals surface area contributed by atoms with Crippen LogP contribution in [0.1, 0.15) is 5.56 Å². The molecule has 3 nitrogen and oxygen atoms in total. The van der Waals surface area contributed by atoms with Gasteiger partial charge in [0, 0.05) is 25.5 Å². The first-order valence-corrected chi connectivity index (χ1v) is 5.30. The van der Waals surface area contributed by atoms with Gasteiger partial charge < -0.3 is 4.90 Å². The van der Waals surface area contributed by atoms with Gasteiger partial charge in [0.15, 0.2) is 0 Å². The fourth-order valence-corrected chi connectivity index (χ4v) is 1.68. The normalized spacial score (nSPS) is 10.4. The average molecular weight is 255 g/mol. The zero-order valence-electron chi connectivity index (χ0n) is 7.89. The lowest BCUT2D eigenvalue weighted by Crippen LogP contribution is -2.13. The first-order chi connectivity index (χ1) is 6.56. The number of aromatic nitrogens is 2. The summed E-state index contributed by atoms with van der Waals surface area (Å²) in [6.07, 6.45) is 0.576. The highest BCUT2D eigenvalue weighted by molar-refractivity contribution is 6.34. The molecule has 0 saturated carbocycles. The Hall–Kier alpha value is -0.250. The number of halogens is 3. The van der Waals surface area contributed by atoms with Gasteiger partial charge in [-0.25, -0.2) is 9.97 Å². The number of rotatable bonds is 3. The molecule has 1 aromatic heterocycles. The molecule has 0 aromatic carbocycles. The van der Waals surface area contributed by atoms with Crippen LogP contribution >= 0.6 is 34.8 Å². The van der Waals surface area contributed by atoms with Crippen molar-refractivity contribution in [3.8, 4) is 0 Å². The van der Waals surface area contributed by atoms with Crippen molar-refractivity contribution in [2.75, 3.05) is 24.9 Å². The predicted octanol–water partition coefficient (Wildman–Crippen LogP) is 2.63. The molecule has 0 fully saturated rings. The third kappa shape index (κ3) is 2.62. The number of alkyl halides is 1. The highest BCUT2D eigenvalue weighted by Gasteiger charge is 2.11. The van der Waals surface area contributed by atoms with Crippen molar-refractivity contribution in [2.45, 2.75) is 6.42 Å². The molecule has 1 rings (SSSR count). The molecular weight excluding hydrogens is 244 g/mol. The van der Waals surface area contributed by atoms with Crippen LogP contribution in [0, 0.1) is 0 Å². The van der Waals surface area contributed by atoms with Gasteiger partial charge in [0.2, 0.25) is 5.95 Å². The van der Waals surface area contributed by atoms with Gasteiger partial charge in [-0.3, -0.25) is 0 Å². The van der Waals surface area contributed by atoms with Crippen LogP contribution in [0.4, 0.5) is 5.95 Å². The van der Waals surface area contributed by atoms with Crippen LogP contribution in [0.25, 0.3) is 0 Å². The van der Waals surface area contributed by atoms with Crippen molar-refractivity contribution in [2.24, 2.45) is 0 Å². The number of hydrogen-bond donors (Lipinski definition) is 0. The maximum atomic E-state index is 5.94. The number of anilines is 1. The Kier molecular flexibility index (Phi) is 4.23. The topological polar surface area (TPSA) is 29.0 Å². The molecule has 0 radical (unpaired) electrons. The van der Waals surface area contributed by atoms with E-state index in [1.807, 2.05) is 14.1 Å². The SMILES string of the molecule is CN(C)c1nc(Cl)c(CCCl)c(Cl)n1. The Morgan fingerprint density at radius 2 is 1.64 bits per heavy atom. The Bertz CT molecular complexity index is 305. The lowest BCUT2D eigenvalue weighted by molar-refractivity contribution is 0.970. The van der Waals surface area contributed by atoms with Gasteiger partial charge in [-0.15, -0.1) is 11.6 Å². The monoisotopic (exact) mass is 253 g/mol. The minimum Gasteiger partial charge on any atom is -0.347 e. The fourth-order valence-electron chi connectivity index (χ4n) is 0.921. The smallest absolute Gasteiger partial charge is 0.227 e. The lowest BCUT2D eigenvalue weighted by atomic mass is 10.3. The van der Waals surface area contributed by atoms with Gasteiger partial charge >= 0.3 is 0 Å². The van der Waals surface area contributed by atoms with E-state index in [0.29, 0.717) is 34.1 Å². The second kappa shape index (κ2) is 5.01. The third-order valence-electron chi connectivity index (χ3n) is 1.64. The first-order valence-electron chi connectivity index (χ1n) is 4.01. The summed E-state index contributed by atoms with van der Waals surface area (Å²) in [4.78, 5) is 9.92. The van der Waals surface area contributed by atoms with Crippen LogP contribution in [0.2, 0.25) is 10.3 Å². The van der Waals surface area contributed by atoms with E-state index in [0.717, 1.165) is 0 Å². The van der Waals surface area contributed by atoms with Gasteiger partial charge in [-0.1, -0.05) is 23.2 Å². The largest absolute Gasteiger partial charge is 0.347 e. The van der Waals surface area contributed by atoms with Crippen LogP contribution in [-0.4, -0.2) is 29.9 Å². The lowest BCUT2D eigenvalue weighted by Gasteiger charge is -2.12. The molecule has 0 aliphatic heterocycles. The molecule has 0 spiro atoms. The van der Waals surface area contributed by atoms with E-state index in [4.69, 9.17) is 34.8 Å². The van der Waals surface area contributed by atoms with Crippen molar-refractivity contribution in [1.82, 2.24) is 9.97 Å². The van der Waals surface area contributed by atoms with Gasteiger partial charge in [-0.05, 0) is 6.42 Å². The van der Waals surface area contributed by atoms with E-state index < -0.39 is 0 Å². The molecular formula is C8H10Cl3N3. The molecule has 0 N–H and O–H groups in total. The van der Waals surface area contributed by atoms with E-state index in [1.54, 1.807) is 4.90 Å².